The fourth-order valence-electron chi connectivity index (χ4n) is 1.02. The van der Waals surface area contributed by atoms with E-state index in [0.717, 1.165) is 0 Å². The van der Waals surface area contributed by atoms with E-state index >= 15 is 0 Å². The molecule has 10 heteroatoms. The summed E-state index contributed by atoms with van der Waals surface area (Å²) in [5.41, 5.74) is 0. The van der Waals surface area contributed by atoms with Gasteiger partial charge in [-0.3, -0.25) is 9.35 Å². The fourth-order valence-corrected chi connectivity index (χ4v) is 1.50. The molecule has 0 aliphatic heterocycles. The summed E-state index contributed by atoms with van der Waals surface area (Å²) in [7, 11) is -6.25. The Kier molecular flexibility index (Phi) is 6.20. The van der Waals surface area contributed by atoms with Gasteiger partial charge in [0.1, 0.15) is 0 Å². The van der Waals surface area contributed by atoms with Crippen LogP contribution in [0.25, 0.3) is 0 Å². The molecular formula is C9H14F4O5S. The second-order valence-electron chi connectivity index (χ2n) is 3.77. The van der Waals surface area contributed by atoms with Crippen LogP contribution in [-0.2, 0) is 19.6 Å². The molecule has 1 N–H and O–H groups in total. The van der Waals surface area contributed by atoms with E-state index in [0.29, 0.717) is 12.8 Å². The van der Waals surface area contributed by atoms with Gasteiger partial charge >= 0.3 is 27.3 Å². The number of ether oxygens (including phenoxy) is 1. The monoisotopic (exact) mass is 310 g/mol. The normalized spacial score (nSPS) is 13.4. The van der Waals surface area contributed by atoms with Gasteiger partial charge in [0.2, 0.25) is 0 Å². The van der Waals surface area contributed by atoms with Gasteiger partial charge in [-0.2, -0.15) is 26.0 Å². The second kappa shape index (κ2) is 6.51. The van der Waals surface area contributed by atoms with E-state index in [-0.39, 0.29) is 6.42 Å². The molecule has 19 heavy (non-hydrogen) atoms. The van der Waals surface area contributed by atoms with E-state index in [9.17, 15) is 30.8 Å². The predicted octanol–water partition coefficient (Wildman–Crippen LogP) is 2.23. The van der Waals surface area contributed by atoms with Crippen LogP contribution in [0, 0.1) is 0 Å². The van der Waals surface area contributed by atoms with Crippen molar-refractivity contribution in [3.8, 4) is 0 Å². The zero-order valence-corrected chi connectivity index (χ0v) is 10.9. The van der Waals surface area contributed by atoms with Crippen LogP contribution in [0.2, 0.25) is 0 Å². The first-order valence-corrected chi connectivity index (χ1v) is 6.78. The number of esters is 1. The van der Waals surface area contributed by atoms with Crippen molar-refractivity contribution in [2.45, 2.75) is 43.8 Å². The molecule has 0 bridgehead atoms. The van der Waals surface area contributed by atoms with Gasteiger partial charge in [0, 0.05) is 6.42 Å². The number of carbonyl (C=O) groups excluding carboxylic acids is 1. The molecule has 0 saturated heterocycles. The molecule has 0 aliphatic rings. The van der Waals surface area contributed by atoms with Crippen LogP contribution >= 0.6 is 0 Å². The highest BCUT2D eigenvalue weighted by Gasteiger charge is 2.65. The van der Waals surface area contributed by atoms with Crippen molar-refractivity contribution in [3.63, 3.8) is 0 Å². The minimum Gasteiger partial charge on any atom is -0.465 e. The lowest BCUT2D eigenvalue weighted by molar-refractivity contribution is -0.174. The molecule has 114 valence electrons. The lowest BCUT2D eigenvalue weighted by Gasteiger charge is -2.23. The van der Waals surface area contributed by atoms with Gasteiger partial charge in [-0.1, -0.05) is 13.3 Å². The Balaban J connectivity index is 4.44. The highest BCUT2D eigenvalue weighted by Crippen LogP contribution is 2.40. The molecule has 0 aromatic carbocycles. The summed E-state index contributed by atoms with van der Waals surface area (Å²) < 4.78 is 83.9. The molecule has 5 nitrogen and oxygen atoms in total. The molecule has 0 atom stereocenters. The van der Waals surface area contributed by atoms with E-state index in [1.807, 2.05) is 0 Å². The van der Waals surface area contributed by atoms with Gasteiger partial charge < -0.3 is 4.74 Å². The fraction of sp³-hybridized carbons (Fsp3) is 0.889. The third-order valence-corrected chi connectivity index (χ3v) is 3.11. The Morgan fingerprint density at radius 1 is 1.26 bits per heavy atom. The maximum absolute atomic E-state index is 12.9. The molecule has 0 spiro atoms. The summed E-state index contributed by atoms with van der Waals surface area (Å²) in [6, 6.07) is 0. The lowest BCUT2D eigenvalue weighted by atomic mass is 10.2. The highest BCUT2D eigenvalue weighted by molar-refractivity contribution is 7.87. The van der Waals surface area contributed by atoms with Gasteiger partial charge in [0.25, 0.3) is 0 Å². The van der Waals surface area contributed by atoms with Crippen molar-refractivity contribution in [2.75, 3.05) is 6.61 Å². The lowest BCUT2D eigenvalue weighted by Crippen LogP contribution is -2.47. The van der Waals surface area contributed by atoms with Gasteiger partial charge in [0.05, 0.1) is 13.0 Å². The number of carbonyl (C=O) groups is 1. The number of rotatable bonds is 8. The summed E-state index contributed by atoms with van der Waals surface area (Å²) >= 11 is 0. The average molecular weight is 310 g/mol. The van der Waals surface area contributed by atoms with Crippen molar-refractivity contribution < 1.29 is 40.1 Å². The molecule has 0 saturated carbocycles. The van der Waals surface area contributed by atoms with E-state index in [4.69, 9.17) is 4.55 Å². The van der Waals surface area contributed by atoms with Crippen LogP contribution in [0.3, 0.4) is 0 Å². The molecule has 0 radical (unpaired) electrons. The summed E-state index contributed by atoms with van der Waals surface area (Å²) in [6.07, 6.45) is -0.642. The van der Waals surface area contributed by atoms with Crippen LogP contribution in [0.1, 0.15) is 32.6 Å². The standard InChI is InChI=1S/C9H14F4O5S/c1-2-3-4-7(14)18-6-5-8(10,11)9(12,13)19(15,16)17/h2-6H2,1H3,(H,15,16,17). The molecule has 0 rings (SSSR count). The summed E-state index contributed by atoms with van der Waals surface area (Å²) in [6.45, 7) is 0.703. The Labute approximate surface area is 107 Å². The van der Waals surface area contributed by atoms with Gasteiger partial charge in [-0.25, -0.2) is 0 Å². The summed E-state index contributed by atoms with van der Waals surface area (Å²) in [4.78, 5) is 10.9. The van der Waals surface area contributed by atoms with Crippen molar-refractivity contribution in [3.05, 3.63) is 0 Å². The number of unbranched alkanes of at least 4 members (excludes halogenated alkanes) is 1. The largest absolute Gasteiger partial charge is 0.465 e. The van der Waals surface area contributed by atoms with Crippen LogP contribution < -0.4 is 0 Å². The van der Waals surface area contributed by atoms with Gasteiger partial charge in [-0.15, -0.1) is 0 Å². The van der Waals surface area contributed by atoms with Gasteiger partial charge in [-0.05, 0) is 6.42 Å². The topological polar surface area (TPSA) is 80.7 Å². The minimum absolute atomic E-state index is 0.0449. The Morgan fingerprint density at radius 2 is 1.79 bits per heavy atom. The van der Waals surface area contributed by atoms with Crippen LogP contribution in [0.15, 0.2) is 0 Å². The molecule has 0 fully saturated rings. The quantitative estimate of drug-likeness (QED) is 0.422. The van der Waals surface area contributed by atoms with Gasteiger partial charge in [0.15, 0.2) is 0 Å². The maximum Gasteiger partial charge on any atom is 0.431 e. The Morgan fingerprint density at radius 3 is 2.21 bits per heavy atom. The zero-order chi connectivity index (χ0) is 15.3. The smallest absolute Gasteiger partial charge is 0.431 e. The van der Waals surface area contributed by atoms with Crippen LogP contribution in [-0.4, -0.2) is 36.7 Å². The average Bonchev–Trinajstić information content (AvgIpc) is 2.24. The van der Waals surface area contributed by atoms with E-state index in [1.54, 1.807) is 6.92 Å². The molecule has 0 amide bonds. The Hall–Kier alpha value is -0.900. The SMILES string of the molecule is CCCCC(=O)OCCC(F)(F)C(F)(F)S(=O)(=O)O. The van der Waals surface area contributed by atoms with Crippen LogP contribution in [0.5, 0.6) is 0 Å². The summed E-state index contributed by atoms with van der Waals surface area (Å²) in [5, 5.41) is -5.63. The number of halogens is 4. The molecule has 0 aromatic rings. The molecular weight excluding hydrogens is 296 g/mol. The van der Waals surface area contributed by atoms with E-state index < -0.39 is 40.3 Å². The highest BCUT2D eigenvalue weighted by atomic mass is 32.2. The number of hydrogen-bond donors (Lipinski definition) is 1. The first-order chi connectivity index (χ1) is 8.45. The van der Waals surface area contributed by atoms with Crippen molar-refractivity contribution >= 4 is 16.1 Å². The molecule has 0 aliphatic carbocycles. The maximum atomic E-state index is 12.9. The second-order valence-corrected chi connectivity index (χ2v) is 5.23. The molecule has 0 heterocycles. The third kappa shape index (κ3) is 4.94. The van der Waals surface area contributed by atoms with Crippen molar-refractivity contribution in [2.24, 2.45) is 0 Å². The molecule has 0 unspecified atom stereocenters. The zero-order valence-electron chi connectivity index (χ0n) is 10.0. The van der Waals surface area contributed by atoms with E-state index in [1.165, 1.54) is 0 Å². The minimum atomic E-state index is -6.25. The first-order valence-electron chi connectivity index (χ1n) is 5.34. The van der Waals surface area contributed by atoms with Crippen LogP contribution in [0.4, 0.5) is 17.6 Å². The third-order valence-electron chi connectivity index (χ3n) is 2.16. The summed E-state index contributed by atoms with van der Waals surface area (Å²) in [5.74, 6) is -5.88. The Bertz CT molecular complexity index is 407. The van der Waals surface area contributed by atoms with Crippen molar-refractivity contribution in [1.82, 2.24) is 0 Å². The molecule has 0 aromatic heterocycles. The van der Waals surface area contributed by atoms with Crippen molar-refractivity contribution in [1.29, 1.82) is 0 Å². The van der Waals surface area contributed by atoms with E-state index in [2.05, 4.69) is 4.74 Å². The number of hydrogen-bond acceptors (Lipinski definition) is 4. The number of alkyl halides is 4. The first kappa shape index (κ1) is 18.1. The predicted molar refractivity (Wildman–Crippen MR) is 56.5 cm³/mol.